The summed E-state index contributed by atoms with van der Waals surface area (Å²) in [5, 5.41) is 13.3. The Morgan fingerprint density at radius 1 is 1.16 bits per heavy atom. The third-order valence-corrected chi connectivity index (χ3v) is 6.46. The van der Waals surface area contributed by atoms with Crippen LogP contribution >= 0.6 is 11.3 Å². The average Bonchev–Trinajstić information content (AvgIpc) is 3.56. The van der Waals surface area contributed by atoms with Crippen LogP contribution in [-0.4, -0.2) is 51.8 Å². The maximum Gasteiger partial charge on any atom is 0.191 e. The second-order valence-corrected chi connectivity index (χ2v) is 8.74. The number of aromatic nitrogens is 3. The second-order valence-electron chi connectivity index (χ2n) is 7.76. The third kappa shape index (κ3) is 6.15. The highest BCUT2D eigenvalue weighted by Crippen LogP contribution is 2.27. The summed E-state index contributed by atoms with van der Waals surface area (Å²) in [6, 6.07) is 13.3. The van der Waals surface area contributed by atoms with Gasteiger partial charge in [-0.1, -0.05) is 30.3 Å². The van der Waals surface area contributed by atoms with E-state index in [9.17, 15) is 0 Å². The first kappa shape index (κ1) is 21.5. The van der Waals surface area contributed by atoms with Gasteiger partial charge in [-0.25, -0.2) is 14.7 Å². The number of aliphatic imine (C=N–C) groups is 1. The van der Waals surface area contributed by atoms with E-state index in [2.05, 4.69) is 74.3 Å². The Morgan fingerprint density at radius 2 is 2.03 bits per heavy atom. The van der Waals surface area contributed by atoms with Gasteiger partial charge >= 0.3 is 0 Å². The molecule has 1 unspecified atom stereocenters. The number of nitrogens with one attached hydrogen (secondary N) is 2. The van der Waals surface area contributed by atoms with Crippen molar-refractivity contribution in [3.63, 3.8) is 0 Å². The minimum absolute atomic E-state index is 0.400. The lowest BCUT2D eigenvalue weighted by Gasteiger charge is -2.27. The quantitative estimate of drug-likeness (QED) is 0.397. The van der Waals surface area contributed by atoms with Crippen molar-refractivity contribution in [1.29, 1.82) is 0 Å². The Kier molecular flexibility index (Phi) is 7.68. The molecule has 0 amide bonds. The zero-order valence-corrected chi connectivity index (χ0v) is 18.9. The summed E-state index contributed by atoms with van der Waals surface area (Å²) >= 11 is 1.84. The highest BCUT2D eigenvalue weighted by Gasteiger charge is 2.24. The predicted octanol–water partition coefficient (Wildman–Crippen LogP) is 3.28. The molecule has 7 nitrogen and oxygen atoms in total. The van der Waals surface area contributed by atoms with Gasteiger partial charge in [-0.05, 0) is 55.4 Å². The largest absolute Gasteiger partial charge is 0.357 e. The second kappa shape index (κ2) is 11.1. The lowest BCUT2D eigenvalue weighted by molar-refractivity contribution is 0.249. The molecular weight excluding hydrogens is 406 g/mol. The van der Waals surface area contributed by atoms with Crippen LogP contribution in [0.5, 0.6) is 0 Å². The fourth-order valence-electron chi connectivity index (χ4n) is 3.98. The number of nitrogens with zero attached hydrogens (tertiary/aromatic N) is 5. The molecule has 3 heterocycles. The van der Waals surface area contributed by atoms with Gasteiger partial charge < -0.3 is 10.6 Å². The van der Waals surface area contributed by atoms with Gasteiger partial charge in [0, 0.05) is 18.0 Å². The van der Waals surface area contributed by atoms with Crippen molar-refractivity contribution in [2.75, 3.05) is 26.2 Å². The van der Waals surface area contributed by atoms with Gasteiger partial charge in [0.25, 0.3) is 0 Å². The van der Waals surface area contributed by atoms with E-state index in [1.54, 1.807) is 12.7 Å². The molecule has 3 aromatic rings. The number of benzene rings is 1. The van der Waals surface area contributed by atoms with E-state index in [-0.39, 0.29) is 0 Å². The van der Waals surface area contributed by atoms with Crippen molar-refractivity contribution in [3.8, 4) is 0 Å². The normalized spacial score (nSPS) is 15.8. The standard InChI is InChI=1S/C23H31N7S/c1-2-25-23(27-15-21(22-9-6-12-31-22)29-10-3-4-11-29)26-14-19-7-5-8-20(13-19)16-30-18-24-17-28-30/h5-9,12-13,17-18,21H,2-4,10-11,14-16H2,1H3,(H2,25,26,27). The van der Waals surface area contributed by atoms with Gasteiger partial charge in [0.2, 0.25) is 0 Å². The summed E-state index contributed by atoms with van der Waals surface area (Å²) in [7, 11) is 0. The van der Waals surface area contributed by atoms with Gasteiger partial charge in [-0.3, -0.25) is 4.90 Å². The van der Waals surface area contributed by atoms with Gasteiger partial charge in [0.05, 0.1) is 19.1 Å². The van der Waals surface area contributed by atoms with Crippen LogP contribution in [0.4, 0.5) is 0 Å². The summed E-state index contributed by atoms with van der Waals surface area (Å²) in [4.78, 5) is 12.9. The van der Waals surface area contributed by atoms with Crippen molar-refractivity contribution in [1.82, 2.24) is 30.3 Å². The SMILES string of the molecule is CCNC(=NCc1cccc(Cn2cncn2)c1)NCC(c1cccs1)N1CCCC1. The summed E-state index contributed by atoms with van der Waals surface area (Å²) in [5.74, 6) is 0.866. The Morgan fingerprint density at radius 3 is 2.77 bits per heavy atom. The Bertz CT molecular complexity index is 931. The minimum atomic E-state index is 0.400. The summed E-state index contributed by atoms with van der Waals surface area (Å²) < 4.78 is 1.83. The van der Waals surface area contributed by atoms with Crippen LogP contribution in [0.1, 0.15) is 41.8 Å². The van der Waals surface area contributed by atoms with Gasteiger partial charge in [0.1, 0.15) is 12.7 Å². The van der Waals surface area contributed by atoms with Crippen LogP contribution in [0.15, 0.2) is 59.4 Å². The van der Waals surface area contributed by atoms with Gasteiger partial charge in [0.15, 0.2) is 5.96 Å². The molecule has 1 atom stereocenters. The molecule has 0 saturated carbocycles. The van der Waals surface area contributed by atoms with E-state index >= 15 is 0 Å². The topological polar surface area (TPSA) is 70.4 Å². The molecule has 1 aliphatic rings. The van der Waals surface area contributed by atoms with Crippen molar-refractivity contribution in [2.24, 2.45) is 4.99 Å². The number of likely N-dealkylation sites (tertiary alicyclic amines) is 1. The van der Waals surface area contributed by atoms with E-state index in [4.69, 9.17) is 4.99 Å². The lowest BCUT2D eigenvalue weighted by Crippen LogP contribution is -2.42. The van der Waals surface area contributed by atoms with E-state index in [1.165, 1.54) is 41.9 Å². The summed E-state index contributed by atoms with van der Waals surface area (Å²) in [5.41, 5.74) is 2.38. The van der Waals surface area contributed by atoms with Crippen LogP contribution in [0.25, 0.3) is 0 Å². The average molecular weight is 438 g/mol. The van der Waals surface area contributed by atoms with Crippen LogP contribution in [0.2, 0.25) is 0 Å². The first-order valence-corrected chi connectivity index (χ1v) is 11.9. The molecule has 1 aromatic carbocycles. The fourth-order valence-corrected chi connectivity index (χ4v) is 4.84. The van der Waals surface area contributed by atoms with Crippen LogP contribution in [0.3, 0.4) is 0 Å². The molecule has 2 N–H and O–H groups in total. The molecule has 1 fully saturated rings. The number of hydrogen-bond donors (Lipinski definition) is 2. The molecule has 0 bridgehead atoms. The first-order chi connectivity index (χ1) is 15.3. The molecule has 31 heavy (non-hydrogen) atoms. The maximum atomic E-state index is 4.85. The highest BCUT2D eigenvalue weighted by atomic mass is 32.1. The lowest BCUT2D eigenvalue weighted by atomic mass is 10.1. The number of thiophene rings is 1. The monoisotopic (exact) mass is 437 g/mol. The zero-order chi connectivity index (χ0) is 21.3. The van der Waals surface area contributed by atoms with Crippen LogP contribution in [0, 0.1) is 0 Å². The van der Waals surface area contributed by atoms with Gasteiger partial charge in [-0.15, -0.1) is 11.3 Å². The van der Waals surface area contributed by atoms with Crippen molar-refractivity contribution in [3.05, 3.63) is 70.4 Å². The summed E-state index contributed by atoms with van der Waals surface area (Å²) in [6.07, 6.45) is 5.89. The first-order valence-electron chi connectivity index (χ1n) is 11.0. The van der Waals surface area contributed by atoms with E-state index < -0.39 is 0 Å². The van der Waals surface area contributed by atoms with Crippen LogP contribution in [-0.2, 0) is 13.1 Å². The molecule has 0 spiro atoms. The molecule has 1 aliphatic heterocycles. The molecule has 164 valence electrons. The van der Waals surface area contributed by atoms with E-state index in [0.29, 0.717) is 19.1 Å². The highest BCUT2D eigenvalue weighted by molar-refractivity contribution is 7.10. The molecule has 4 rings (SSSR count). The Balaban J connectivity index is 1.39. The zero-order valence-electron chi connectivity index (χ0n) is 18.1. The van der Waals surface area contributed by atoms with E-state index in [1.807, 2.05) is 16.0 Å². The van der Waals surface area contributed by atoms with Crippen molar-refractivity contribution < 1.29 is 0 Å². The van der Waals surface area contributed by atoms with Gasteiger partial charge in [-0.2, -0.15) is 5.10 Å². The van der Waals surface area contributed by atoms with Crippen LogP contribution < -0.4 is 10.6 Å². The smallest absolute Gasteiger partial charge is 0.191 e. The number of guanidine groups is 1. The summed E-state index contributed by atoms with van der Waals surface area (Å²) in [6.45, 7) is 7.51. The van der Waals surface area contributed by atoms with Crippen molar-refractivity contribution >= 4 is 17.3 Å². The molecule has 2 aromatic heterocycles. The predicted molar refractivity (Wildman–Crippen MR) is 126 cm³/mol. The molecule has 8 heteroatoms. The molecular formula is C23H31N7S. The number of rotatable bonds is 9. The number of hydrogen-bond acceptors (Lipinski definition) is 5. The third-order valence-electron chi connectivity index (χ3n) is 5.48. The Hall–Kier alpha value is -2.71. The minimum Gasteiger partial charge on any atom is -0.357 e. The van der Waals surface area contributed by atoms with E-state index in [0.717, 1.165) is 19.0 Å². The maximum absolute atomic E-state index is 4.85. The molecule has 1 saturated heterocycles. The Labute approximate surface area is 188 Å². The fraction of sp³-hybridized carbons (Fsp3) is 0.435. The molecule has 0 aliphatic carbocycles. The van der Waals surface area contributed by atoms with Crippen molar-refractivity contribution in [2.45, 2.75) is 38.9 Å². The molecule has 0 radical (unpaired) electrons.